The van der Waals surface area contributed by atoms with E-state index in [2.05, 4.69) is 4.90 Å². The number of thiophene rings is 1. The van der Waals surface area contributed by atoms with E-state index in [1.165, 1.54) is 11.3 Å². The highest BCUT2D eigenvalue weighted by Crippen LogP contribution is 2.39. The van der Waals surface area contributed by atoms with Crippen LogP contribution in [-0.4, -0.2) is 66.7 Å². The summed E-state index contributed by atoms with van der Waals surface area (Å²) in [6.07, 6.45) is 0. The van der Waals surface area contributed by atoms with E-state index in [9.17, 15) is 14.4 Å². The smallest absolute Gasteiger partial charge is 0.291 e. The number of benzene rings is 1. The third-order valence-corrected chi connectivity index (χ3v) is 6.56. The van der Waals surface area contributed by atoms with Gasteiger partial charge < -0.3 is 9.64 Å². The fraction of sp³-hybridized carbons (Fsp3) is 0.409. The Bertz CT molecular complexity index is 888. The molecule has 2 saturated heterocycles. The molecule has 0 radical (unpaired) electrons. The first kappa shape index (κ1) is 19.9. The van der Waals surface area contributed by atoms with E-state index in [1.54, 1.807) is 17.0 Å². The maximum Gasteiger partial charge on any atom is 0.291 e. The zero-order valence-electron chi connectivity index (χ0n) is 16.4. The Morgan fingerprint density at radius 2 is 1.83 bits per heavy atom. The van der Waals surface area contributed by atoms with Crippen LogP contribution in [0.2, 0.25) is 0 Å². The number of likely N-dealkylation sites (tertiary alicyclic amines) is 1. The summed E-state index contributed by atoms with van der Waals surface area (Å²) >= 11 is 1.48. The summed E-state index contributed by atoms with van der Waals surface area (Å²) in [5.41, 5.74) is 1.51. The summed E-state index contributed by atoms with van der Waals surface area (Å²) in [6, 6.07) is 10.4. The number of Topliss-reactive ketones (excluding diaryl/α,β-unsaturated/α-hetero) is 2. The molecule has 0 saturated carbocycles. The zero-order chi connectivity index (χ0) is 20.4. The standard InChI is InChI=1S/C22H24N2O4S/c1-15-4-6-16(7-5-15)20(25)18-19(17-3-2-14-29-17)24(22(27)21(18)26)9-8-23-10-12-28-13-11-23/h2-7,14,18-19H,8-13H2,1H3. The van der Waals surface area contributed by atoms with Crippen LogP contribution in [0.5, 0.6) is 0 Å². The molecular weight excluding hydrogens is 388 g/mol. The van der Waals surface area contributed by atoms with Crippen LogP contribution >= 0.6 is 11.3 Å². The Labute approximate surface area is 174 Å². The minimum atomic E-state index is -0.992. The van der Waals surface area contributed by atoms with Crippen LogP contribution in [0.4, 0.5) is 0 Å². The summed E-state index contributed by atoms with van der Waals surface area (Å²) in [6.45, 7) is 6.00. The highest BCUT2D eigenvalue weighted by molar-refractivity contribution is 7.10. The van der Waals surface area contributed by atoms with Crippen molar-refractivity contribution in [1.82, 2.24) is 9.80 Å². The summed E-state index contributed by atoms with van der Waals surface area (Å²) in [4.78, 5) is 43.7. The van der Waals surface area contributed by atoms with Crippen molar-refractivity contribution in [3.05, 3.63) is 57.8 Å². The predicted octanol–water partition coefficient (Wildman–Crippen LogP) is 2.34. The molecule has 29 heavy (non-hydrogen) atoms. The molecule has 0 aliphatic carbocycles. The first-order valence-electron chi connectivity index (χ1n) is 9.85. The number of ether oxygens (including phenoxy) is 1. The molecule has 1 amide bonds. The van der Waals surface area contributed by atoms with Gasteiger partial charge in [-0.3, -0.25) is 19.3 Å². The van der Waals surface area contributed by atoms with Crippen LogP contribution in [0, 0.1) is 12.8 Å². The van der Waals surface area contributed by atoms with Gasteiger partial charge in [-0.05, 0) is 18.4 Å². The van der Waals surface area contributed by atoms with E-state index >= 15 is 0 Å². The Balaban J connectivity index is 1.61. The molecule has 0 spiro atoms. The second kappa shape index (κ2) is 8.57. The van der Waals surface area contributed by atoms with E-state index in [4.69, 9.17) is 4.74 Å². The van der Waals surface area contributed by atoms with Crippen LogP contribution in [-0.2, 0) is 14.3 Å². The molecule has 2 unspecified atom stereocenters. The molecule has 4 rings (SSSR count). The molecule has 0 N–H and O–H groups in total. The van der Waals surface area contributed by atoms with Crippen LogP contribution < -0.4 is 0 Å². The van der Waals surface area contributed by atoms with Gasteiger partial charge >= 0.3 is 0 Å². The van der Waals surface area contributed by atoms with Crippen LogP contribution in [0.3, 0.4) is 0 Å². The van der Waals surface area contributed by atoms with Gasteiger partial charge in [0, 0.05) is 36.6 Å². The summed E-state index contributed by atoms with van der Waals surface area (Å²) in [5.74, 6) is -2.43. The normalized spacial score (nSPS) is 23.0. The number of ketones is 2. The predicted molar refractivity (Wildman–Crippen MR) is 110 cm³/mol. The molecule has 7 heteroatoms. The van der Waals surface area contributed by atoms with E-state index < -0.39 is 23.7 Å². The quantitative estimate of drug-likeness (QED) is 0.414. The molecule has 0 bridgehead atoms. The van der Waals surface area contributed by atoms with Crippen molar-refractivity contribution in [3.8, 4) is 0 Å². The molecule has 1 aromatic heterocycles. The van der Waals surface area contributed by atoms with Crippen molar-refractivity contribution >= 4 is 28.8 Å². The molecule has 2 aliphatic heterocycles. The Kier molecular flexibility index (Phi) is 5.89. The third-order valence-electron chi connectivity index (χ3n) is 5.62. The third kappa shape index (κ3) is 4.03. The Morgan fingerprint density at radius 1 is 1.10 bits per heavy atom. The molecule has 2 aromatic rings. The van der Waals surface area contributed by atoms with Gasteiger partial charge in [0.15, 0.2) is 5.78 Å². The number of aryl methyl sites for hydroxylation is 1. The number of hydrogen-bond donors (Lipinski definition) is 0. The van der Waals surface area contributed by atoms with Gasteiger partial charge in [-0.1, -0.05) is 35.9 Å². The minimum Gasteiger partial charge on any atom is -0.379 e. The number of carbonyl (C=O) groups excluding carboxylic acids is 3. The first-order chi connectivity index (χ1) is 14.1. The minimum absolute atomic E-state index is 0.282. The highest BCUT2D eigenvalue weighted by Gasteiger charge is 2.51. The summed E-state index contributed by atoms with van der Waals surface area (Å²) < 4.78 is 5.38. The van der Waals surface area contributed by atoms with Crippen molar-refractivity contribution < 1.29 is 19.1 Å². The van der Waals surface area contributed by atoms with E-state index in [1.807, 2.05) is 36.6 Å². The van der Waals surface area contributed by atoms with Crippen LogP contribution in [0.15, 0.2) is 41.8 Å². The van der Waals surface area contributed by atoms with Crippen LogP contribution in [0.25, 0.3) is 0 Å². The number of rotatable bonds is 6. The van der Waals surface area contributed by atoms with Gasteiger partial charge in [0.25, 0.3) is 5.91 Å². The van der Waals surface area contributed by atoms with Gasteiger partial charge in [-0.2, -0.15) is 0 Å². The average molecular weight is 413 g/mol. The number of hydrogen-bond acceptors (Lipinski definition) is 6. The largest absolute Gasteiger partial charge is 0.379 e. The fourth-order valence-corrected chi connectivity index (χ4v) is 4.85. The van der Waals surface area contributed by atoms with Gasteiger partial charge in [0.05, 0.1) is 19.3 Å². The maximum absolute atomic E-state index is 13.2. The van der Waals surface area contributed by atoms with Crippen molar-refractivity contribution in [2.45, 2.75) is 13.0 Å². The number of carbonyl (C=O) groups is 3. The van der Waals surface area contributed by atoms with Crippen molar-refractivity contribution in [3.63, 3.8) is 0 Å². The summed E-state index contributed by atoms with van der Waals surface area (Å²) in [5, 5.41) is 1.91. The molecule has 6 nitrogen and oxygen atoms in total. The topological polar surface area (TPSA) is 66.9 Å². The molecule has 3 heterocycles. The molecule has 2 atom stereocenters. The van der Waals surface area contributed by atoms with Crippen LogP contribution in [0.1, 0.15) is 26.8 Å². The Hall–Kier alpha value is -2.35. The van der Waals surface area contributed by atoms with Crippen molar-refractivity contribution in [2.75, 3.05) is 39.4 Å². The molecule has 2 aliphatic rings. The van der Waals surface area contributed by atoms with Crippen molar-refractivity contribution in [1.29, 1.82) is 0 Å². The van der Waals surface area contributed by atoms with Gasteiger partial charge in [0.1, 0.15) is 5.92 Å². The second-order valence-corrected chi connectivity index (χ2v) is 8.46. The maximum atomic E-state index is 13.2. The number of amides is 1. The molecular formula is C22H24N2O4S. The first-order valence-corrected chi connectivity index (χ1v) is 10.7. The molecule has 2 fully saturated rings. The second-order valence-electron chi connectivity index (χ2n) is 7.49. The monoisotopic (exact) mass is 412 g/mol. The van der Waals surface area contributed by atoms with Gasteiger partial charge in [-0.25, -0.2) is 0 Å². The van der Waals surface area contributed by atoms with Gasteiger partial charge in [-0.15, -0.1) is 11.3 Å². The van der Waals surface area contributed by atoms with E-state index in [0.717, 1.165) is 23.5 Å². The van der Waals surface area contributed by atoms with Gasteiger partial charge in [0.2, 0.25) is 5.78 Å². The lowest BCUT2D eigenvalue weighted by Gasteiger charge is -2.31. The zero-order valence-corrected chi connectivity index (χ0v) is 17.2. The van der Waals surface area contributed by atoms with E-state index in [-0.39, 0.29) is 5.78 Å². The SMILES string of the molecule is Cc1ccc(C(=O)C2C(=O)C(=O)N(CCN3CCOCC3)C2c2cccs2)cc1. The number of morpholine rings is 1. The lowest BCUT2D eigenvalue weighted by Crippen LogP contribution is -2.42. The highest BCUT2D eigenvalue weighted by atomic mass is 32.1. The fourth-order valence-electron chi connectivity index (χ4n) is 3.98. The van der Waals surface area contributed by atoms with E-state index in [0.29, 0.717) is 31.9 Å². The lowest BCUT2D eigenvalue weighted by molar-refractivity contribution is -0.141. The Morgan fingerprint density at radius 3 is 2.48 bits per heavy atom. The summed E-state index contributed by atoms with van der Waals surface area (Å²) in [7, 11) is 0. The molecule has 152 valence electrons. The van der Waals surface area contributed by atoms with Crippen molar-refractivity contribution in [2.24, 2.45) is 5.92 Å². The lowest BCUT2D eigenvalue weighted by atomic mass is 9.89. The molecule has 1 aromatic carbocycles. The number of nitrogens with zero attached hydrogens (tertiary/aromatic N) is 2. The average Bonchev–Trinajstić information content (AvgIpc) is 3.35.